The van der Waals surface area contributed by atoms with Gasteiger partial charge in [-0.2, -0.15) is 0 Å². The molecule has 23 heavy (non-hydrogen) atoms. The Morgan fingerprint density at radius 3 is 2.52 bits per heavy atom. The minimum Gasteiger partial charge on any atom is -0.399 e. The maximum absolute atomic E-state index is 12.7. The maximum atomic E-state index is 12.7. The fourth-order valence-electron chi connectivity index (χ4n) is 3.91. The molecule has 0 bridgehead atoms. The number of nitrogens with zero attached hydrogens (tertiary/aromatic N) is 2. The average Bonchev–Trinajstić information content (AvgIpc) is 2.58. The molecule has 4 heteroatoms. The van der Waals surface area contributed by atoms with Crippen molar-refractivity contribution in [2.75, 3.05) is 38.5 Å². The molecular weight excluding hydrogens is 286 g/mol. The Bertz CT molecular complexity index is 544. The number of carbonyl (C=O) groups excluding carboxylic acids is 1. The van der Waals surface area contributed by atoms with Crippen LogP contribution in [0.25, 0.3) is 0 Å². The Morgan fingerprint density at radius 1 is 1.13 bits per heavy atom. The lowest BCUT2D eigenvalue weighted by atomic mass is 9.89. The molecule has 0 unspecified atom stereocenters. The van der Waals surface area contributed by atoms with Crippen molar-refractivity contribution in [1.29, 1.82) is 0 Å². The summed E-state index contributed by atoms with van der Waals surface area (Å²) in [5, 5.41) is 0. The van der Waals surface area contributed by atoms with Crippen LogP contribution in [0.1, 0.15) is 48.0 Å². The van der Waals surface area contributed by atoms with Gasteiger partial charge in [-0.1, -0.05) is 25.3 Å². The normalized spacial score (nSPS) is 20.7. The van der Waals surface area contributed by atoms with Gasteiger partial charge in [-0.05, 0) is 43.4 Å². The highest BCUT2D eigenvalue weighted by Gasteiger charge is 2.25. The fourth-order valence-corrected chi connectivity index (χ4v) is 3.91. The molecule has 1 saturated carbocycles. The highest BCUT2D eigenvalue weighted by molar-refractivity contribution is 5.96. The smallest absolute Gasteiger partial charge is 0.254 e. The van der Waals surface area contributed by atoms with Crippen LogP contribution >= 0.6 is 0 Å². The largest absolute Gasteiger partial charge is 0.399 e. The molecule has 3 rings (SSSR count). The molecule has 126 valence electrons. The van der Waals surface area contributed by atoms with Gasteiger partial charge in [-0.15, -0.1) is 0 Å². The molecule has 1 aromatic rings. The van der Waals surface area contributed by atoms with Crippen LogP contribution in [0, 0.1) is 12.8 Å². The molecule has 0 radical (unpaired) electrons. The summed E-state index contributed by atoms with van der Waals surface area (Å²) in [5.74, 6) is 1.01. The van der Waals surface area contributed by atoms with Crippen molar-refractivity contribution in [3.8, 4) is 0 Å². The Balaban J connectivity index is 1.53. The van der Waals surface area contributed by atoms with Gasteiger partial charge in [0, 0.05) is 44.0 Å². The van der Waals surface area contributed by atoms with Crippen LogP contribution in [0.3, 0.4) is 0 Å². The Hall–Kier alpha value is -1.55. The van der Waals surface area contributed by atoms with E-state index in [9.17, 15) is 4.79 Å². The summed E-state index contributed by atoms with van der Waals surface area (Å²) in [4.78, 5) is 17.3. The highest BCUT2D eigenvalue weighted by Crippen LogP contribution is 2.25. The molecule has 0 spiro atoms. The van der Waals surface area contributed by atoms with E-state index in [1.807, 2.05) is 30.0 Å². The molecule has 1 aliphatic carbocycles. The second-order valence-electron chi connectivity index (χ2n) is 7.17. The number of benzene rings is 1. The number of nitrogen functional groups attached to an aromatic ring is 1. The zero-order valence-electron chi connectivity index (χ0n) is 14.3. The van der Waals surface area contributed by atoms with Crippen LogP contribution < -0.4 is 5.73 Å². The lowest BCUT2D eigenvalue weighted by Crippen LogP contribution is -2.50. The van der Waals surface area contributed by atoms with E-state index in [1.165, 1.54) is 38.6 Å². The van der Waals surface area contributed by atoms with Gasteiger partial charge >= 0.3 is 0 Å². The lowest BCUT2D eigenvalue weighted by Gasteiger charge is -2.37. The third-order valence-corrected chi connectivity index (χ3v) is 5.39. The van der Waals surface area contributed by atoms with E-state index in [0.717, 1.165) is 43.2 Å². The van der Waals surface area contributed by atoms with E-state index in [0.29, 0.717) is 5.69 Å². The number of amides is 1. The minimum absolute atomic E-state index is 0.132. The monoisotopic (exact) mass is 315 g/mol. The predicted molar refractivity (Wildman–Crippen MR) is 94.5 cm³/mol. The van der Waals surface area contributed by atoms with Crippen LogP contribution in [0.2, 0.25) is 0 Å². The minimum atomic E-state index is 0.132. The van der Waals surface area contributed by atoms with Gasteiger partial charge < -0.3 is 10.6 Å². The van der Waals surface area contributed by atoms with Gasteiger partial charge in [0.2, 0.25) is 0 Å². The van der Waals surface area contributed by atoms with Crippen LogP contribution in [0.4, 0.5) is 5.69 Å². The second-order valence-corrected chi connectivity index (χ2v) is 7.17. The summed E-state index contributed by atoms with van der Waals surface area (Å²) in [6, 6.07) is 5.60. The number of piperazine rings is 1. The molecular formula is C19H29N3O. The van der Waals surface area contributed by atoms with Crippen molar-refractivity contribution in [1.82, 2.24) is 9.80 Å². The van der Waals surface area contributed by atoms with Crippen molar-refractivity contribution in [2.24, 2.45) is 5.92 Å². The molecule has 1 aliphatic heterocycles. The molecule has 1 aromatic carbocycles. The zero-order valence-corrected chi connectivity index (χ0v) is 14.3. The topological polar surface area (TPSA) is 49.6 Å². The quantitative estimate of drug-likeness (QED) is 0.873. The lowest BCUT2D eigenvalue weighted by molar-refractivity contribution is 0.0605. The van der Waals surface area contributed by atoms with Gasteiger partial charge in [-0.3, -0.25) is 9.69 Å². The van der Waals surface area contributed by atoms with Crippen molar-refractivity contribution in [3.05, 3.63) is 29.3 Å². The highest BCUT2D eigenvalue weighted by atomic mass is 16.2. The summed E-state index contributed by atoms with van der Waals surface area (Å²) < 4.78 is 0. The van der Waals surface area contributed by atoms with Gasteiger partial charge in [0.05, 0.1) is 0 Å². The number of hydrogen-bond acceptors (Lipinski definition) is 3. The zero-order chi connectivity index (χ0) is 16.2. The summed E-state index contributed by atoms with van der Waals surface area (Å²) in [6.45, 7) is 6.87. The SMILES string of the molecule is Cc1ccc(N)cc1C(=O)N1CCN(CC2CCCCC2)CC1. The van der Waals surface area contributed by atoms with Crippen LogP contribution in [-0.2, 0) is 0 Å². The molecule has 2 aliphatic rings. The second kappa shape index (κ2) is 7.35. The van der Waals surface area contributed by atoms with Crippen LogP contribution in [0.15, 0.2) is 18.2 Å². The first kappa shape index (κ1) is 16.3. The first-order valence-electron chi connectivity index (χ1n) is 9.01. The van der Waals surface area contributed by atoms with Gasteiger partial charge in [0.25, 0.3) is 5.91 Å². The molecule has 0 aromatic heterocycles. The predicted octanol–water partition coefficient (Wildman–Crippen LogP) is 2.92. The molecule has 1 heterocycles. The van der Waals surface area contributed by atoms with E-state index in [1.54, 1.807) is 0 Å². The van der Waals surface area contributed by atoms with Crippen LogP contribution in [-0.4, -0.2) is 48.4 Å². The summed E-state index contributed by atoms with van der Waals surface area (Å²) in [5.41, 5.74) is 8.27. The number of carbonyl (C=O) groups is 1. The first-order valence-corrected chi connectivity index (χ1v) is 9.01. The summed E-state index contributed by atoms with van der Waals surface area (Å²) >= 11 is 0. The van der Waals surface area contributed by atoms with Gasteiger partial charge in [0.1, 0.15) is 0 Å². The standard InChI is InChI=1S/C19H29N3O/c1-15-7-8-17(20)13-18(15)19(23)22-11-9-21(10-12-22)14-16-5-3-2-4-6-16/h7-8,13,16H,2-6,9-12,14,20H2,1H3. The molecule has 1 saturated heterocycles. The first-order chi connectivity index (χ1) is 11.1. The van der Waals surface area contributed by atoms with Crippen LogP contribution in [0.5, 0.6) is 0 Å². The van der Waals surface area contributed by atoms with E-state index in [-0.39, 0.29) is 5.91 Å². The van der Waals surface area contributed by atoms with Crippen molar-refractivity contribution >= 4 is 11.6 Å². The summed E-state index contributed by atoms with van der Waals surface area (Å²) in [6.07, 6.45) is 7.00. The van der Waals surface area contributed by atoms with Crippen molar-refractivity contribution in [3.63, 3.8) is 0 Å². The Labute approximate surface area is 139 Å². The van der Waals surface area contributed by atoms with E-state index in [2.05, 4.69) is 4.90 Å². The van der Waals surface area contributed by atoms with E-state index < -0.39 is 0 Å². The number of rotatable bonds is 3. The fraction of sp³-hybridized carbons (Fsp3) is 0.632. The van der Waals surface area contributed by atoms with Gasteiger partial charge in [-0.25, -0.2) is 0 Å². The summed E-state index contributed by atoms with van der Waals surface area (Å²) in [7, 11) is 0. The number of nitrogens with two attached hydrogens (primary N) is 1. The maximum Gasteiger partial charge on any atom is 0.254 e. The number of anilines is 1. The molecule has 0 atom stereocenters. The van der Waals surface area contributed by atoms with E-state index in [4.69, 9.17) is 5.73 Å². The number of aryl methyl sites for hydroxylation is 1. The molecule has 2 fully saturated rings. The van der Waals surface area contributed by atoms with Gasteiger partial charge in [0.15, 0.2) is 0 Å². The van der Waals surface area contributed by atoms with E-state index >= 15 is 0 Å². The number of hydrogen-bond donors (Lipinski definition) is 1. The third kappa shape index (κ3) is 4.05. The third-order valence-electron chi connectivity index (χ3n) is 5.39. The molecule has 4 nitrogen and oxygen atoms in total. The molecule has 2 N–H and O–H groups in total. The molecule has 1 amide bonds. The Kier molecular flexibility index (Phi) is 5.21. The van der Waals surface area contributed by atoms with Crippen molar-refractivity contribution < 1.29 is 4.79 Å². The average molecular weight is 315 g/mol. The Morgan fingerprint density at radius 2 is 1.83 bits per heavy atom. The van der Waals surface area contributed by atoms with Crippen molar-refractivity contribution in [2.45, 2.75) is 39.0 Å².